The number of pyridine rings is 2. The summed E-state index contributed by atoms with van der Waals surface area (Å²) in [7, 11) is 0. The van der Waals surface area contributed by atoms with Gasteiger partial charge in [0.05, 0.1) is 12.2 Å². The van der Waals surface area contributed by atoms with Crippen LogP contribution in [-0.2, 0) is 4.74 Å². The third kappa shape index (κ3) is 8.21. The minimum absolute atomic E-state index is 0.296. The number of hydrogen-bond acceptors (Lipinski definition) is 8. The quantitative estimate of drug-likeness (QED) is 0.198. The van der Waals surface area contributed by atoms with Gasteiger partial charge >= 0.3 is 5.97 Å². The zero-order valence-electron chi connectivity index (χ0n) is 12.7. The molecule has 9 nitrogen and oxygen atoms in total. The zero-order chi connectivity index (χ0) is 17.5. The molecule has 0 aliphatic rings. The highest BCUT2D eigenvalue weighted by Gasteiger charge is 2.03. The molecule has 0 bridgehead atoms. The summed E-state index contributed by atoms with van der Waals surface area (Å²) in [5, 5.41) is 0. The van der Waals surface area contributed by atoms with Crippen LogP contribution in [0.2, 0.25) is 0 Å². The summed E-state index contributed by atoms with van der Waals surface area (Å²) in [6.45, 7) is 2.18. The average molecular weight is 324 g/mol. The number of ether oxygens (including phenoxy) is 1. The topological polar surface area (TPSA) is 159 Å². The maximum absolute atomic E-state index is 11.0. The normalized spacial score (nSPS) is 8.52. The first-order valence-corrected chi connectivity index (χ1v) is 6.50. The van der Waals surface area contributed by atoms with Crippen molar-refractivity contribution in [3.63, 3.8) is 0 Å². The van der Waals surface area contributed by atoms with Crippen LogP contribution >= 0.6 is 0 Å². The van der Waals surface area contributed by atoms with Gasteiger partial charge in [-0.25, -0.2) is 10.6 Å². The van der Waals surface area contributed by atoms with E-state index in [4.69, 9.17) is 10.6 Å². The number of nitrogen functional groups attached to an aromatic ring is 1. The highest BCUT2D eigenvalue weighted by atomic mass is 16.5. The summed E-state index contributed by atoms with van der Waals surface area (Å²) in [4.78, 5) is 29.3. The number of carbonyl (C=O) groups excluding carboxylic acids is 2. The lowest BCUT2D eigenvalue weighted by Gasteiger charge is -1.98. The number of esters is 1. The number of carbonyl (C=O) groups is 2. The van der Waals surface area contributed by atoms with E-state index in [1.165, 1.54) is 12.4 Å². The highest BCUT2D eigenvalue weighted by Crippen LogP contribution is 1.98. The highest BCUT2D eigenvalue weighted by molar-refractivity contribution is 5.93. The van der Waals surface area contributed by atoms with Crippen molar-refractivity contribution in [2.75, 3.05) is 6.61 Å². The Labute approximate surface area is 133 Å². The molecule has 0 spiro atoms. The van der Waals surface area contributed by atoms with E-state index in [-0.39, 0.29) is 11.9 Å². The van der Waals surface area contributed by atoms with Crippen molar-refractivity contribution in [3.8, 4) is 0 Å². The van der Waals surface area contributed by atoms with Gasteiger partial charge in [-0.1, -0.05) is 0 Å². The van der Waals surface area contributed by atoms with Gasteiger partial charge in [0, 0.05) is 30.4 Å². The predicted molar refractivity (Wildman–Crippen MR) is 84.5 cm³/mol. The molecule has 0 aromatic carbocycles. The fourth-order valence-corrected chi connectivity index (χ4v) is 1.29. The minimum Gasteiger partial charge on any atom is -0.462 e. The third-order valence-corrected chi connectivity index (χ3v) is 2.27. The molecule has 0 saturated heterocycles. The molecule has 0 atom stereocenters. The van der Waals surface area contributed by atoms with Crippen LogP contribution in [0.1, 0.15) is 27.6 Å². The largest absolute Gasteiger partial charge is 0.462 e. The lowest BCUT2D eigenvalue weighted by Crippen LogP contribution is -2.29. The van der Waals surface area contributed by atoms with Gasteiger partial charge in [-0.05, 0) is 31.2 Å². The monoisotopic (exact) mass is 324 g/mol. The second-order valence-corrected chi connectivity index (χ2v) is 3.67. The van der Waals surface area contributed by atoms with Gasteiger partial charge in [0.15, 0.2) is 0 Å². The summed E-state index contributed by atoms with van der Waals surface area (Å²) in [6, 6.07) is 6.42. The van der Waals surface area contributed by atoms with E-state index in [2.05, 4.69) is 21.7 Å². The number of hydrogen-bond donors (Lipinski definition) is 4. The zero-order valence-corrected chi connectivity index (χ0v) is 12.7. The molecule has 0 saturated carbocycles. The maximum atomic E-state index is 11.0. The number of nitrogens with one attached hydrogen (secondary N) is 1. The molecule has 0 aliphatic carbocycles. The van der Waals surface area contributed by atoms with Gasteiger partial charge in [0.1, 0.15) is 0 Å². The van der Waals surface area contributed by atoms with Crippen LogP contribution in [0.5, 0.6) is 0 Å². The predicted octanol–water partition coefficient (Wildman–Crippen LogP) is -0.238. The number of aromatic nitrogens is 2. The molecule has 124 valence electrons. The smallest absolute Gasteiger partial charge is 0.338 e. The summed E-state index contributed by atoms with van der Waals surface area (Å²) in [5.41, 5.74) is 3.07. The molecule has 1 amide bonds. The van der Waals surface area contributed by atoms with Crippen LogP contribution in [0.15, 0.2) is 49.1 Å². The number of rotatable bonds is 3. The van der Waals surface area contributed by atoms with E-state index in [1.54, 1.807) is 43.6 Å². The molecule has 0 aliphatic heterocycles. The molecule has 2 rings (SSSR count). The Bertz CT molecular complexity index is 565. The minimum atomic E-state index is -0.303. The molecular formula is C14H20N6O3. The summed E-state index contributed by atoms with van der Waals surface area (Å²) in [6.07, 6.45) is 6.19. The lowest BCUT2D eigenvalue weighted by molar-refractivity contribution is 0.0526. The van der Waals surface area contributed by atoms with Gasteiger partial charge in [-0.3, -0.25) is 31.9 Å². The van der Waals surface area contributed by atoms with Crippen molar-refractivity contribution in [1.82, 2.24) is 15.4 Å². The van der Waals surface area contributed by atoms with Crippen molar-refractivity contribution in [2.45, 2.75) is 6.92 Å². The van der Waals surface area contributed by atoms with E-state index in [9.17, 15) is 9.59 Å². The lowest BCUT2D eigenvalue weighted by atomic mass is 10.3. The maximum Gasteiger partial charge on any atom is 0.338 e. The molecule has 9 heteroatoms. The molecule has 0 radical (unpaired) electrons. The number of nitrogens with two attached hydrogens (primary N) is 3. The first-order valence-electron chi connectivity index (χ1n) is 6.50. The number of amides is 1. The number of nitrogens with zero attached hydrogens (tertiary/aromatic N) is 2. The Kier molecular flexibility index (Phi) is 11.2. The van der Waals surface area contributed by atoms with Crippen molar-refractivity contribution in [3.05, 3.63) is 60.2 Å². The SMILES string of the molecule is CCOC(=O)c1ccncc1.[15NH2][15NH2].[15NH2][15NH]C(=O)c1ccncc1. The fraction of sp³-hybridized carbons (Fsp3) is 0.143. The third-order valence-electron chi connectivity index (χ3n) is 2.27. The Morgan fingerprint density at radius 2 is 1.43 bits per heavy atom. The second-order valence-electron chi connectivity index (χ2n) is 3.67. The Morgan fingerprint density at radius 3 is 1.83 bits per heavy atom. The van der Waals surface area contributed by atoms with E-state index >= 15 is 0 Å². The van der Waals surface area contributed by atoms with Crippen LogP contribution < -0.4 is 23.0 Å². The van der Waals surface area contributed by atoms with E-state index in [1.807, 2.05) is 5.43 Å². The molecule has 2 heterocycles. The molecular weight excluding hydrogens is 304 g/mol. The van der Waals surface area contributed by atoms with E-state index in [0.717, 1.165) is 0 Å². The molecule has 7 N–H and O–H groups in total. The van der Waals surface area contributed by atoms with Crippen LogP contribution in [0.3, 0.4) is 0 Å². The van der Waals surface area contributed by atoms with Crippen molar-refractivity contribution < 1.29 is 14.3 Å². The van der Waals surface area contributed by atoms with Crippen LogP contribution in [0, 0.1) is 0 Å². The van der Waals surface area contributed by atoms with Gasteiger partial charge in [0.2, 0.25) is 0 Å². The van der Waals surface area contributed by atoms with Crippen LogP contribution in [0.25, 0.3) is 0 Å². The van der Waals surface area contributed by atoms with Gasteiger partial charge in [-0.15, -0.1) is 0 Å². The molecule has 2 aromatic heterocycles. The summed E-state index contributed by atoms with van der Waals surface area (Å²) >= 11 is 0. The van der Waals surface area contributed by atoms with Gasteiger partial charge < -0.3 is 4.74 Å². The van der Waals surface area contributed by atoms with E-state index in [0.29, 0.717) is 17.7 Å². The Balaban J connectivity index is 0.000000381. The second kappa shape index (κ2) is 12.8. The van der Waals surface area contributed by atoms with Crippen LogP contribution in [-0.4, -0.2) is 28.5 Å². The standard InChI is InChI=1S/C8H9NO2.C6H7N3O.H4N2/c1-2-11-8(10)7-3-5-9-6-4-7;7-9-6(10)5-1-3-8-4-2-5;1-2/h3-6H,2H2,1H3;1-4H,7H2,(H,9,10);1-2H2/i;7+1,9+1;1+1,2+1. The summed E-state index contributed by atoms with van der Waals surface area (Å²) in [5.74, 6) is 12.3. The van der Waals surface area contributed by atoms with Gasteiger partial charge in [-0.2, -0.15) is 0 Å². The van der Waals surface area contributed by atoms with Crippen LogP contribution in [0.4, 0.5) is 0 Å². The Morgan fingerprint density at radius 1 is 1.00 bits per heavy atom. The Hall–Kier alpha value is -2.88. The van der Waals surface area contributed by atoms with Crippen molar-refractivity contribution in [2.24, 2.45) is 17.5 Å². The fourth-order valence-electron chi connectivity index (χ4n) is 1.29. The van der Waals surface area contributed by atoms with Crippen molar-refractivity contribution >= 4 is 11.9 Å². The molecule has 2 aromatic rings. The molecule has 23 heavy (non-hydrogen) atoms. The van der Waals surface area contributed by atoms with Crippen molar-refractivity contribution in [1.29, 1.82) is 0 Å². The molecule has 0 unspecified atom stereocenters. The average Bonchev–Trinajstić information content (AvgIpc) is 2.65. The molecule has 0 fully saturated rings. The first-order chi connectivity index (χ1) is 11.2. The summed E-state index contributed by atoms with van der Waals surface area (Å²) < 4.78 is 4.76. The van der Waals surface area contributed by atoms with E-state index < -0.39 is 0 Å². The van der Waals surface area contributed by atoms with Gasteiger partial charge in [0.25, 0.3) is 5.91 Å². The first kappa shape index (κ1) is 20.1. The number of hydrazine groups is 2.